The summed E-state index contributed by atoms with van der Waals surface area (Å²) in [7, 11) is -1.14. The van der Waals surface area contributed by atoms with Crippen LogP contribution >= 0.6 is 0 Å². The number of esters is 2. The lowest BCUT2D eigenvalue weighted by atomic mass is 9.83. The molecule has 158 valence electrons. The fraction of sp³-hybridized carbons (Fsp3) is 0.273. The average Bonchev–Trinajstić information content (AvgIpc) is 3.18. The van der Waals surface area contributed by atoms with Crippen LogP contribution in [-0.4, -0.2) is 40.8 Å². The lowest BCUT2D eigenvalue weighted by Gasteiger charge is -2.23. The van der Waals surface area contributed by atoms with Gasteiger partial charge in [0, 0.05) is 11.8 Å². The van der Waals surface area contributed by atoms with E-state index >= 15 is 0 Å². The Kier molecular flexibility index (Phi) is 5.81. The number of carbonyl (C=O) groups is 2. The van der Waals surface area contributed by atoms with Gasteiger partial charge in [-0.15, -0.1) is 0 Å². The van der Waals surface area contributed by atoms with E-state index in [2.05, 4.69) is 0 Å². The fourth-order valence-corrected chi connectivity index (χ4v) is 4.57. The summed E-state index contributed by atoms with van der Waals surface area (Å²) in [5.41, 5.74) is 0.810. The molecule has 0 heterocycles. The average molecular weight is 432 g/mol. The number of halogens is 1. The summed E-state index contributed by atoms with van der Waals surface area (Å²) in [4.78, 5) is 24.8. The van der Waals surface area contributed by atoms with E-state index in [4.69, 9.17) is 9.47 Å². The highest BCUT2D eigenvalue weighted by Gasteiger charge is 2.51. The van der Waals surface area contributed by atoms with E-state index in [0.717, 1.165) is 6.26 Å². The first-order valence-corrected chi connectivity index (χ1v) is 11.0. The molecule has 0 aliphatic heterocycles. The quantitative estimate of drug-likeness (QED) is 0.532. The molecular formula is C22H21FO6S. The van der Waals surface area contributed by atoms with Crippen molar-refractivity contribution in [3.63, 3.8) is 0 Å². The SMILES string of the molecule is COC(=O)C1(C(=O)OC)CC=C(c2ccc(S(C)(=O)=O)c(-c3ccc(F)cc3)c2)C1. The minimum atomic E-state index is -3.55. The first kappa shape index (κ1) is 21.7. The highest BCUT2D eigenvalue weighted by molar-refractivity contribution is 7.90. The van der Waals surface area contributed by atoms with Crippen LogP contribution < -0.4 is 0 Å². The Morgan fingerprint density at radius 3 is 2.07 bits per heavy atom. The predicted molar refractivity (Wildman–Crippen MR) is 109 cm³/mol. The number of carbonyl (C=O) groups excluding carboxylic acids is 2. The molecule has 8 heteroatoms. The molecule has 0 spiro atoms. The van der Waals surface area contributed by atoms with Crippen molar-refractivity contribution < 1.29 is 31.9 Å². The number of ether oxygens (including phenoxy) is 2. The zero-order valence-corrected chi connectivity index (χ0v) is 17.6. The Bertz CT molecular complexity index is 1120. The van der Waals surface area contributed by atoms with Crippen molar-refractivity contribution >= 4 is 27.3 Å². The van der Waals surface area contributed by atoms with Crippen molar-refractivity contribution in [3.8, 4) is 11.1 Å². The van der Waals surface area contributed by atoms with Gasteiger partial charge in [-0.1, -0.05) is 24.3 Å². The minimum absolute atomic E-state index is 0.0629. The van der Waals surface area contributed by atoms with Gasteiger partial charge in [0.25, 0.3) is 0 Å². The number of methoxy groups -OCH3 is 2. The molecule has 0 radical (unpaired) electrons. The third kappa shape index (κ3) is 3.87. The van der Waals surface area contributed by atoms with Crippen LogP contribution in [0.3, 0.4) is 0 Å². The van der Waals surface area contributed by atoms with Crippen molar-refractivity contribution in [3.05, 3.63) is 59.9 Å². The third-order valence-corrected chi connectivity index (χ3v) is 6.40. The monoisotopic (exact) mass is 432 g/mol. The first-order valence-electron chi connectivity index (χ1n) is 9.08. The summed E-state index contributed by atoms with van der Waals surface area (Å²) >= 11 is 0. The van der Waals surface area contributed by atoms with Gasteiger partial charge < -0.3 is 9.47 Å². The van der Waals surface area contributed by atoms with Crippen molar-refractivity contribution in [2.24, 2.45) is 5.41 Å². The van der Waals surface area contributed by atoms with Gasteiger partial charge in [-0.3, -0.25) is 9.59 Å². The molecule has 0 fully saturated rings. The topological polar surface area (TPSA) is 86.7 Å². The summed E-state index contributed by atoms with van der Waals surface area (Å²) in [6.45, 7) is 0. The standard InChI is InChI=1S/C22H21FO6S/c1-28-20(24)22(21(25)29-2)11-10-16(13-22)15-6-9-19(30(3,26)27)18(12-15)14-4-7-17(23)8-5-14/h4-10,12H,11,13H2,1-3H3. The zero-order valence-electron chi connectivity index (χ0n) is 16.8. The van der Waals surface area contributed by atoms with Crippen molar-refractivity contribution in [1.82, 2.24) is 0 Å². The molecule has 0 saturated heterocycles. The molecule has 6 nitrogen and oxygen atoms in total. The molecule has 0 aromatic heterocycles. The molecule has 0 saturated carbocycles. The molecule has 2 aromatic rings. The van der Waals surface area contributed by atoms with Crippen LogP contribution in [0.25, 0.3) is 16.7 Å². The molecule has 0 amide bonds. The Hall–Kier alpha value is -3.00. The van der Waals surface area contributed by atoms with Crippen LogP contribution in [0.5, 0.6) is 0 Å². The summed E-state index contributed by atoms with van der Waals surface area (Å²) in [5, 5.41) is 0. The van der Waals surface area contributed by atoms with Gasteiger partial charge in [0.1, 0.15) is 5.82 Å². The molecule has 0 bridgehead atoms. The van der Waals surface area contributed by atoms with Gasteiger partial charge in [0.05, 0.1) is 19.1 Å². The van der Waals surface area contributed by atoms with Crippen LogP contribution in [0.1, 0.15) is 18.4 Å². The minimum Gasteiger partial charge on any atom is -0.468 e. The van der Waals surface area contributed by atoms with E-state index in [1.807, 2.05) is 0 Å². The molecular weight excluding hydrogens is 411 g/mol. The fourth-order valence-electron chi connectivity index (χ4n) is 3.68. The lowest BCUT2D eigenvalue weighted by Crippen LogP contribution is -2.39. The van der Waals surface area contributed by atoms with Gasteiger partial charge in [0.2, 0.25) is 0 Å². The second kappa shape index (κ2) is 8.02. The maximum atomic E-state index is 13.4. The second-order valence-electron chi connectivity index (χ2n) is 7.17. The molecule has 3 rings (SSSR count). The summed E-state index contributed by atoms with van der Waals surface area (Å²) < 4.78 is 47.6. The van der Waals surface area contributed by atoms with E-state index in [1.165, 1.54) is 44.6 Å². The van der Waals surface area contributed by atoms with E-state index in [9.17, 15) is 22.4 Å². The number of sulfone groups is 1. The van der Waals surface area contributed by atoms with E-state index in [-0.39, 0.29) is 17.7 Å². The number of rotatable bonds is 5. The third-order valence-electron chi connectivity index (χ3n) is 5.25. The van der Waals surface area contributed by atoms with Gasteiger partial charge >= 0.3 is 11.9 Å². The Labute approximate surface area is 174 Å². The van der Waals surface area contributed by atoms with Crippen molar-refractivity contribution in [2.45, 2.75) is 17.7 Å². The second-order valence-corrected chi connectivity index (χ2v) is 9.15. The summed E-state index contributed by atoms with van der Waals surface area (Å²) in [6.07, 6.45) is 3.02. The van der Waals surface area contributed by atoms with Gasteiger partial charge in [-0.25, -0.2) is 12.8 Å². The highest BCUT2D eigenvalue weighted by Crippen LogP contribution is 2.44. The van der Waals surface area contributed by atoms with Gasteiger partial charge in [-0.05, 0) is 53.8 Å². The molecule has 1 aliphatic carbocycles. The Morgan fingerprint density at radius 1 is 0.967 bits per heavy atom. The molecule has 1 aliphatic rings. The van der Waals surface area contributed by atoms with Crippen LogP contribution in [0.15, 0.2) is 53.4 Å². The van der Waals surface area contributed by atoms with Crippen LogP contribution in [0, 0.1) is 11.2 Å². The molecule has 0 atom stereocenters. The van der Waals surface area contributed by atoms with E-state index in [0.29, 0.717) is 22.3 Å². The number of hydrogen-bond donors (Lipinski definition) is 0. The van der Waals surface area contributed by atoms with Crippen molar-refractivity contribution in [1.29, 1.82) is 0 Å². The normalized spacial score (nSPS) is 15.4. The maximum Gasteiger partial charge on any atom is 0.323 e. The Balaban J connectivity index is 2.08. The van der Waals surface area contributed by atoms with E-state index < -0.39 is 33.0 Å². The Morgan fingerprint density at radius 2 is 1.53 bits per heavy atom. The van der Waals surface area contributed by atoms with Crippen molar-refractivity contribution in [2.75, 3.05) is 20.5 Å². The maximum absolute atomic E-state index is 13.4. The zero-order chi connectivity index (χ0) is 22.1. The van der Waals surface area contributed by atoms with Crippen LogP contribution in [0.4, 0.5) is 4.39 Å². The van der Waals surface area contributed by atoms with Crippen LogP contribution in [0.2, 0.25) is 0 Å². The summed E-state index contributed by atoms with van der Waals surface area (Å²) in [5.74, 6) is -1.81. The molecule has 2 aromatic carbocycles. The summed E-state index contributed by atoms with van der Waals surface area (Å²) in [6, 6.07) is 10.3. The predicted octanol–water partition coefficient (Wildman–Crippen LogP) is 3.41. The number of benzene rings is 2. The van der Waals surface area contributed by atoms with Gasteiger partial charge in [0.15, 0.2) is 15.3 Å². The smallest absolute Gasteiger partial charge is 0.323 e. The largest absolute Gasteiger partial charge is 0.468 e. The lowest BCUT2D eigenvalue weighted by molar-refractivity contribution is -0.168. The number of allylic oxidation sites excluding steroid dienone is 2. The molecule has 30 heavy (non-hydrogen) atoms. The number of hydrogen-bond acceptors (Lipinski definition) is 6. The van der Waals surface area contributed by atoms with Gasteiger partial charge in [-0.2, -0.15) is 0 Å². The highest BCUT2D eigenvalue weighted by atomic mass is 32.2. The first-order chi connectivity index (χ1) is 14.1. The van der Waals surface area contributed by atoms with E-state index in [1.54, 1.807) is 18.2 Å². The van der Waals surface area contributed by atoms with Crippen LogP contribution in [-0.2, 0) is 28.9 Å². The molecule has 0 N–H and O–H groups in total. The molecule has 0 unspecified atom stereocenters.